The molecule has 9 heteroatoms. The Balaban J connectivity index is 0.00000363. The van der Waals surface area contributed by atoms with Gasteiger partial charge in [0.15, 0.2) is 5.96 Å². The Morgan fingerprint density at radius 3 is 2.41 bits per heavy atom. The molecule has 1 fully saturated rings. The van der Waals surface area contributed by atoms with E-state index >= 15 is 0 Å². The summed E-state index contributed by atoms with van der Waals surface area (Å²) in [5.41, 5.74) is 3.20. The molecular weight excluding hydrogens is 522 g/mol. The van der Waals surface area contributed by atoms with E-state index in [9.17, 15) is 4.39 Å². The number of guanidine groups is 1. The Hall–Kier alpha value is -1.88. The van der Waals surface area contributed by atoms with Crippen LogP contribution >= 0.6 is 24.0 Å². The molecule has 2 aromatic rings. The minimum Gasteiger partial charge on any atom is -0.369 e. The summed E-state index contributed by atoms with van der Waals surface area (Å²) in [5.74, 6) is 1.56. The Labute approximate surface area is 207 Å². The molecule has 1 saturated heterocycles. The molecule has 32 heavy (non-hydrogen) atoms. The van der Waals surface area contributed by atoms with Crippen molar-refractivity contribution in [3.05, 3.63) is 47.1 Å². The van der Waals surface area contributed by atoms with Crippen molar-refractivity contribution < 1.29 is 8.91 Å². The van der Waals surface area contributed by atoms with Crippen molar-refractivity contribution in [1.82, 2.24) is 20.7 Å². The highest BCUT2D eigenvalue weighted by molar-refractivity contribution is 14.0. The van der Waals surface area contributed by atoms with Gasteiger partial charge in [-0.1, -0.05) is 19.0 Å². The number of halogens is 2. The van der Waals surface area contributed by atoms with Crippen LogP contribution in [0.4, 0.5) is 10.1 Å². The number of aliphatic imine (C=N–C) groups is 1. The third-order valence-electron chi connectivity index (χ3n) is 5.63. The minimum atomic E-state index is -0.188. The fraction of sp³-hybridized carbons (Fsp3) is 0.565. The second kappa shape index (κ2) is 13.6. The second-order valence-electron chi connectivity index (χ2n) is 7.67. The third kappa shape index (κ3) is 7.33. The van der Waals surface area contributed by atoms with Gasteiger partial charge in [-0.2, -0.15) is 0 Å². The largest absolute Gasteiger partial charge is 0.369 e. The number of aryl methyl sites for hydroxylation is 2. The zero-order valence-corrected chi connectivity index (χ0v) is 21.7. The maximum Gasteiger partial charge on any atom is 0.191 e. The van der Waals surface area contributed by atoms with Crippen LogP contribution in [-0.4, -0.2) is 61.8 Å². The maximum atomic E-state index is 13.1. The lowest BCUT2D eigenvalue weighted by atomic mass is 10.1. The highest BCUT2D eigenvalue weighted by Crippen LogP contribution is 2.17. The van der Waals surface area contributed by atoms with Crippen LogP contribution < -0.4 is 15.5 Å². The summed E-state index contributed by atoms with van der Waals surface area (Å²) < 4.78 is 18.6. The molecule has 3 rings (SSSR count). The molecule has 178 valence electrons. The summed E-state index contributed by atoms with van der Waals surface area (Å²) >= 11 is 0. The number of anilines is 1. The zero-order chi connectivity index (χ0) is 22.1. The van der Waals surface area contributed by atoms with Crippen LogP contribution in [0.25, 0.3) is 0 Å². The van der Waals surface area contributed by atoms with E-state index in [0.717, 1.165) is 87.3 Å². The molecule has 0 radical (unpaired) electrons. The zero-order valence-electron chi connectivity index (χ0n) is 19.4. The minimum absolute atomic E-state index is 0. The van der Waals surface area contributed by atoms with Gasteiger partial charge in [-0.25, -0.2) is 9.38 Å². The Kier molecular flexibility index (Phi) is 11.2. The van der Waals surface area contributed by atoms with Crippen molar-refractivity contribution in [3.63, 3.8) is 0 Å². The molecule has 1 aromatic carbocycles. The van der Waals surface area contributed by atoms with Crippen LogP contribution in [-0.2, 0) is 19.4 Å². The predicted octanol–water partition coefficient (Wildman–Crippen LogP) is 3.43. The van der Waals surface area contributed by atoms with E-state index in [2.05, 4.69) is 46.4 Å². The average molecular weight is 558 g/mol. The van der Waals surface area contributed by atoms with Gasteiger partial charge in [0.25, 0.3) is 0 Å². The van der Waals surface area contributed by atoms with Gasteiger partial charge < -0.3 is 20.1 Å². The van der Waals surface area contributed by atoms with E-state index in [1.54, 1.807) is 0 Å². The predicted molar refractivity (Wildman–Crippen MR) is 139 cm³/mol. The van der Waals surface area contributed by atoms with Crippen LogP contribution in [0.2, 0.25) is 0 Å². The summed E-state index contributed by atoms with van der Waals surface area (Å²) in [6.07, 6.45) is 1.67. The molecule has 1 aromatic heterocycles. The molecule has 1 aliphatic heterocycles. The molecule has 0 amide bonds. The van der Waals surface area contributed by atoms with Crippen LogP contribution in [0, 0.1) is 5.82 Å². The van der Waals surface area contributed by atoms with Crippen molar-refractivity contribution in [3.8, 4) is 0 Å². The van der Waals surface area contributed by atoms with E-state index in [1.807, 2.05) is 12.1 Å². The van der Waals surface area contributed by atoms with Crippen molar-refractivity contribution in [2.75, 3.05) is 50.7 Å². The molecular formula is C23H36FIN6O. The number of rotatable bonds is 9. The number of nitrogens with zero attached hydrogens (tertiary/aromatic N) is 4. The topological polar surface area (TPSA) is 68.9 Å². The van der Waals surface area contributed by atoms with Gasteiger partial charge in [-0.05, 0) is 37.6 Å². The van der Waals surface area contributed by atoms with Gasteiger partial charge in [0.2, 0.25) is 0 Å². The van der Waals surface area contributed by atoms with Crippen LogP contribution in [0.15, 0.2) is 33.8 Å². The van der Waals surface area contributed by atoms with Crippen molar-refractivity contribution >= 4 is 35.6 Å². The lowest BCUT2D eigenvalue weighted by molar-refractivity contribution is 0.261. The van der Waals surface area contributed by atoms with Crippen LogP contribution in [0.3, 0.4) is 0 Å². The smallest absolute Gasteiger partial charge is 0.191 e. The molecule has 0 unspecified atom stereocenters. The van der Waals surface area contributed by atoms with Gasteiger partial charge in [-0.15, -0.1) is 24.0 Å². The monoisotopic (exact) mass is 558 g/mol. The van der Waals surface area contributed by atoms with Crippen LogP contribution in [0.1, 0.15) is 37.8 Å². The Morgan fingerprint density at radius 1 is 1.06 bits per heavy atom. The molecule has 2 heterocycles. The molecule has 2 N–H and O–H groups in total. The fourth-order valence-corrected chi connectivity index (χ4v) is 3.83. The summed E-state index contributed by atoms with van der Waals surface area (Å²) in [4.78, 5) is 9.51. The highest BCUT2D eigenvalue weighted by Gasteiger charge is 2.17. The van der Waals surface area contributed by atoms with E-state index in [1.165, 1.54) is 12.1 Å². The van der Waals surface area contributed by atoms with E-state index in [4.69, 9.17) is 9.52 Å². The van der Waals surface area contributed by atoms with Crippen molar-refractivity contribution in [2.24, 2.45) is 4.99 Å². The number of aromatic nitrogens is 1. The van der Waals surface area contributed by atoms with Gasteiger partial charge >= 0.3 is 0 Å². The number of hydrogen-bond donors (Lipinski definition) is 2. The van der Waals surface area contributed by atoms with E-state index < -0.39 is 0 Å². The summed E-state index contributed by atoms with van der Waals surface area (Å²) in [6.45, 7) is 13.3. The molecule has 0 saturated carbocycles. The van der Waals surface area contributed by atoms with Crippen LogP contribution in [0.5, 0.6) is 0 Å². The third-order valence-corrected chi connectivity index (χ3v) is 5.63. The molecule has 0 atom stereocenters. The standard InChI is InChI=1S/C23H35FN6O.HI/c1-4-21-20(22(5-2)31-28-21)17-27-23(25-6-3)26-11-12-29-13-15-30(16-14-29)19-9-7-18(24)8-10-19;/h7-10H,4-6,11-17H2,1-3H3,(H2,25,26,27);1H. The second-order valence-corrected chi connectivity index (χ2v) is 7.67. The molecule has 0 aliphatic carbocycles. The van der Waals surface area contributed by atoms with Gasteiger partial charge in [0, 0.05) is 63.5 Å². The average Bonchev–Trinajstić information content (AvgIpc) is 3.20. The first kappa shape index (κ1) is 26.4. The number of piperazine rings is 1. The molecule has 0 bridgehead atoms. The van der Waals surface area contributed by atoms with E-state index in [-0.39, 0.29) is 29.8 Å². The van der Waals surface area contributed by atoms with Gasteiger partial charge in [0.05, 0.1) is 12.2 Å². The summed E-state index contributed by atoms with van der Waals surface area (Å²) in [7, 11) is 0. The Morgan fingerprint density at radius 2 is 1.78 bits per heavy atom. The van der Waals surface area contributed by atoms with E-state index in [0.29, 0.717) is 6.54 Å². The quantitative estimate of drug-likeness (QED) is 0.279. The first-order valence-electron chi connectivity index (χ1n) is 11.4. The highest BCUT2D eigenvalue weighted by atomic mass is 127. The lowest BCUT2D eigenvalue weighted by Crippen LogP contribution is -2.49. The summed E-state index contributed by atoms with van der Waals surface area (Å²) in [6, 6.07) is 6.77. The van der Waals surface area contributed by atoms with Crippen molar-refractivity contribution in [2.45, 2.75) is 40.2 Å². The SMILES string of the molecule is CCNC(=NCc1c(CC)noc1CC)NCCN1CCN(c2ccc(F)cc2)CC1.I. The molecule has 0 spiro atoms. The first-order valence-corrected chi connectivity index (χ1v) is 11.4. The maximum absolute atomic E-state index is 13.1. The number of nitrogens with one attached hydrogen (secondary N) is 2. The normalized spacial score (nSPS) is 14.9. The molecule has 7 nitrogen and oxygen atoms in total. The Bertz CT molecular complexity index is 812. The lowest BCUT2D eigenvalue weighted by Gasteiger charge is -2.36. The van der Waals surface area contributed by atoms with Gasteiger partial charge in [0.1, 0.15) is 11.6 Å². The summed E-state index contributed by atoms with van der Waals surface area (Å²) in [5, 5.41) is 10.9. The van der Waals surface area contributed by atoms with Crippen molar-refractivity contribution in [1.29, 1.82) is 0 Å². The number of hydrogen-bond acceptors (Lipinski definition) is 5. The molecule has 1 aliphatic rings. The van der Waals surface area contributed by atoms with Gasteiger partial charge in [-0.3, -0.25) is 4.90 Å². The number of benzene rings is 1. The fourth-order valence-electron chi connectivity index (χ4n) is 3.83. The first-order chi connectivity index (χ1) is 15.1.